The molecule has 27 heavy (non-hydrogen) atoms. The molecule has 2 N–H and O–H groups in total. The predicted molar refractivity (Wildman–Crippen MR) is 108 cm³/mol. The van der Waals surface area contributed by atoms with Gasteiger partial charge in [0.25, 0.3) is 5.91 Å². The van der Waals surface area contributed by atoms with Crippen molar-refractivity contribution >= 4 is 18.0 Å². The van der Waals surface area contributed by atoms with E-state index in [1.807, 2.05) is 12.1 Å². The number of hydrogen-bond donors (Lipinski definition) is 2. The molecule has 0 atom stereocenters. The fraction of sp³-hybridized carbons (Fsp3) is 0.545. The van der Waals surface area contributed by atoms with E-state index in [-0.39, 0.29) is 13.0 Å². The van der Waals surface area contributed by atoms with Crippen LogP contribution in [0.15, 0.2) is 30.3 Å². The zero-order chi connectivity index (χ0) is 19.9. The van der Waals surface area contributed by atoms with Crippen molar-refractivity contribution in [2.75, 3.05) is 6.54 Å². The molecule has 0 aliphatic carbocycles. The maximum atomic E-state index is 12.1. The molecule has 0 saturated carbocycles. The van der Waals surface area contributed by atoms with Crippen molar-refractivity contribution < 1.29 is 19.9 Å². The number of nitrogens with zero attached hydrogens (tertiary/aromatic N) is 1. The van der Waals surface area contributed by atoms with E-state index in [0.717, 1.165) is 12.0 Å². The van der Waals surface area contributed by atoms with Crippen LogP contribution in [0, 0.1) is 0 Å². The SMILES string of the molecule is CCCCCCCC/C=C/c1ccc(C(=O)N(O)CCCCC(=O)O)cc1. The van der Waals surface area contributed by atoms with E-state index >= 15 is 0 Å². The number of aliphatic carboxylic acids is 1. The average Bonchev–Trinajstić information content (AvgIpc) is 2.67. The zero-order valence-electron chi connectivity index (χ0n) is 16.4. The lowest BCUT2D eigenvalue weighted by Gasteiger charge is -2.14. The van der Waals surface area contributed by atoms with E-state index in [0.29, 0.717) is 23.5 Å². The van der Waals surface area contributed by atoms with Gasteiger partial charge in [0.05, 0.1) is 0 Å². The first-order chi connectivity index (χ1) is 13.0. The lowest BCUT2D eigenvalue weighted by Crippen LogP contribution is -2.28. The fourth-order valence-electron chi connectivity index (χ4n) is 2.79. The molecule has 0 fully saturated rings. The third kappa shape index (κ3) is 10.6. The number of carbonyl (C=O) groups is 2. The van der Waals surface area contributed by atoms with Gasteiger partial charge in [-0.1, -0.05) is 63.3 Å². The molecule has 0 aliphatic heterocycles. The summed E-state index contributed by atoms with van der Waals surface area (Å²) in [6, 6.07) is 7.13. The molecule has 0 aromatic heterocycles. The van der Waals surface area contributed by atoms with Crippen molar-refractivity contribution in [2.24, 2.45) is 0 Å². The number of carbonyl (C=O) groups excluding carboxylic acids is 1. The third-order valence-electron chi connectivity index (χ3n) is 4.44. The van der Waals surface area contributed by atoms with E-state index in [4.69, 9.17) is 5.11 Å². The number of allylic oxidation sites excluding steroid dienone is 1. The van der Waals surface area contributed by atoms with Gasteiger partial charge in [0.2, 0.25) is 0 Å². The molecule has 1 amide bonds. The molecule has 0 saturated heterocycles. The predicted octanol–water partition coefficient (Wildman–Crippen LogP) is 5.54. The van der Waals surface area contributed by atoms with Gasteiger partial charge in [0, 0.05) is 18.5 Å². The molecule has 150 valence electrons. The smallest absolute Gasteiger partial charge is 0.303 e. The van der Waals surface area contributed by atoms with E-state index in [2.05, 4.69) is 19.1 Å². The van der Waals surface area contributed by atoms with E-state index in [1.54, 1.807) is 12.1 Å². The molecule has 0 aliphatic rings. The molecule has 0 radical (unpaired) electrons. The number of unbranched alkanes of at least 4 members (excludes halogenated alkanes) is 7. The van der Waals surface area contributed by atoms with Gasteiger partial charge in [0.1, 0.15) is 0 Å². The first kappa shape index (κ1) is 22.9. The van der Waals surface area contributed by atoms with Crippen molar-refractivity contribution in [3.8, 4) is 0 Å². The van der Waals surface area contributed by atoms with Crippen LogP contribution in [0.1, 0.15) is 87.1 Å². The number of hydroxylamine groups is 2. The molecule has 1 aromatic rings. The van der Waals surface area contributed by atoms with Crippen LogP contribution in [0.2, 0.25) is 0 Å². The number of benzene rings is 1. The summed E-state index contributed by atoms with van der Waals surface area (Å²) in [5.74, 6) is -1.33. The third-order valence-corrected chi connectivity index (χ3v) is 4.44. The van der Waals surface area contributed by atoms with E-state index in [9.17, 15) is 14.8 Å². The Bertz CT molecular complexity index is 580. The minimum Gasteiger partial charge on any atom is -0.481 e. The molecule has 1 rings (SSSR count). The Morgan fingerprint density at radius 3 is 2.30 bits per heavy atom. The van der Waals surface area contributed by atoms with Gasteiger partial charge in [0.15, 0.2) is 0 Å². The van der Waals surface area contributed by atoms with Crippen molar-refractivity contribution in [1.29, 1.82) is 0 Å². The Hall–Kier alpha value is -2.14. The molecule has 0 bridgehead atoms. The van der Waals surface area contributed by atoms with Crippen molar-refractivity contribution in [3.05, 3.63) is 41.5 Å². The van der Waals surface area contributed by atoms with Gasteiger partial charge in [-0.2, -0.15) is 0 Å². The van der Waals surface area contributed by atoms with Crippen LogP contribution in [0.5, 0.6) is 0 Å². The van der Waals surface area contributed by atoms with E-state index in [1.165, 1.54) is 38.5 Å². The van der Waals surface area contributed by atoms with Gasteiger partial charge >= 0.3 is 5.97 Å². The summed E-state index contributed by atoms with van der Waals surface area (Å²) >= 11 is 0. The molecular weight excluding hydrogens is 342 g/mol. The second kappa shape index (κ2) is 14.0. The lowest BCUT2D eigenvalue weighted by molar-refractivity contribution is -0.137. The monoisotopic (exact) mass is 375 g/mol. The molecule has 0 spiro atoms. The molecule has 0 heterocycles. The Kier molecular flexibility index (Phi) is 11.9. The second-order valence-corrected chi connectivity index (χ2v) is 6.86. The summed E-state index contributed by atoms with van der Waals surface area (Å²) < 4.78 is 0. The van der Waals surface area contributed by atoms with Crippen molar-refractivity contribution in [3.63, 3.8) is 0 Å². The Balaban J connectivity index is 2.32. The first-order valence-electron chi connectivity index (χ1n) is 10.0. The fourth-order valence-corrected chi connectivity index (χ4v) is 2.79. The molecule has 0 unspecified atom stereocenters. The first-order valence-corrected chi connectivity index (χ1v) is 10.0. The maximum absolute atomic E-state index is 12.1. The van der Waals surface area contributed by atoms with Crippen LogP contribution < -0.4 is 0 Å². The second-order valence-electron chi connectivity index (χ2n) is 6.86. The quantitative estimate of drug-likeness (QED) is 0.254. The largest absolute Gasteiger partial charge is 0.481 e. The van der Waals surface area contributed by atoms with Crippen molar-refractivity contribution in [1.82, 2.24) is 5.06 Å². The average molecular weight is 376 g/mol. The van der Waals surface area contributed by atoms with Gasteiger partial charge in [-0.3, -0.25) is 14.8 Å². The Morgan fingerprint density at radius 2 is 1.63 bits per heavy atom. The highest BCUT2D eigenvalue weighted by Crippen LogP contribution is 2.11. The summed E-state index contributed by atoms with van der Waals surface area (Å²) in [4.78, 5) is 22.6. The molecular formula is C22H33NO4. The molecule has 1 aromatic carbocycles. The van der Waals surface area contributed by atoms with Gasteiger partial charge in [-0.15, -0.1) is 0 Å². The van der Waals surface area contributed by atoms with Crippen LogP contribution in [0.25, 0.3) is 6.08 Å². The highest BCUT2D eigenvalue weighted by Gasteiger charge is 2.13. The Labute approximate surface area is 162 Å². The topological polar surface area (TPSA) is 77.8 Å². The summed E-state index contributed by atoms with van der Waals surface area (Å²) in [6.07, 6.45) is 13.9. The number of rotatable bonds is 14. The minimum atomic E-state index is -0.869. The standard InChI is InChI=1S/C22H33NO4/c1-2-3-4-5-6-7-8-9-12-19-14-16-20(17-15-19)22(26)23(27)18-11-10-13-21(24)25/h9,12,14-17,27H,2-8,10-11,13,18H2,1H3,(H,24,25)/b12-9+. The summed E-state index contributed by atoms with van der Waals surface area (Å²) in [6.45, 7) is 2.36. The normalized spacial score (nSPS) is 11.0. The highest BCUT2D eigenvalue weighted by atomic mass is 16.5. The van der Waals surface area contributed by atoms with Gasteiger partial charge in [-0.05, 0) is 43.4 Å². The van der Waals surface area contributed by atoms with Crippen LogP contribution in [0.4, 0.5) is 0 Å². The van der Waals surface area contributed by atoms with E-state index < -0.39 is 11.9 Å². The molecule has 5 nitrogen and oxygen atoms in total. The highest BCUT2D eigenvalue weighted by molar-refractivity contribution is 5.93. The number of hydrogen-bond acceptors (Lipinski definition) is 3. The van der Waals surface area contributed by atoms with Crippen LogP contribution in [-0.2, 0) is 4.79 Å². The summed E-state index contributed by atoms with van der Waals surface area (Å²) in [5.41, 5.74) is 1.45. The number of amides is 1. The lowest BCUT2D eigenvalue weighted by atomic mass is 10.1. The zero-order valence-corrected chi connectivity index (χ0v) is 16.4. The maximum Gasteiger partial charge on any atom is 0.303 e. The minimum absolute atomic E-state index is 0.0435. The summed E-state index contributed by atoms with van der Waals surface area (Å²) in [7, 11) is 0. The number of carboxylic acids is 1. The van der Waals surface area contributed by atoms with Crippen molar-refractivity contribution in [2.45, 2.75) is 71.1 Å². The Morgan fingerprint density at radius 1 is 0.963 bits per heavy atom. The van der Waals surface area contributed by atoms with Crippen LogP contribution in [-0.4, -0.2) is 33.8 Å². The van der Waals surface area contributed by atoms with Crippen LogP contribution >= 0.6 is 0 Å². The summed E-state index contributed by atoms with van der Waals surface area (Å²) in [5, 5.41) is 19.0. The van der Waals surface area contributed by atoms with Gasteiger partial charge in [-0.25, -0.2) is 5.06 Å². The van der Waals surface area contributed by atoms with Gasteiger partial charge < -0.3 is 5.11 Å². The van der Waals surface area contributed by atoms with Crippen LogP contribution in [0.3, 0.4) is 0 Å². The number of carboxylic acid groups (broad SMARTS) is 1. The molecule has 5 heteroatoms.